The fourth-order valence-corrected chi connectivity index (χ4v) is 5.16. The Morgan fingerprint density at radius 3 is 2.80 bits per heavy atom. The molecule has 4 rings (SSSR count). The Kier molecular flexibility index (Phi) is 4.06. The molecule has 1 saturated heterocycles. The van der Waals surface area contributed by atoms with E-state index in [9.17, 15) is 14.7 Å². The molecule has 9 heteroatoms. The van der Waals surface area contributed by atoms with Crippen molar-refractivity contribution in [2.75, 3.05) is 5.75 Å². The van der Waals surface area contributed by atoms with Gasteiger partial charge in [0.2, 0.25) is 11.8 Å². The van der Waals surface area contributed by atoms with Crippen molar-refractivity contribution in [3.8, 4) is 11.5 Å². The van der Waals surface area contributed by atoms with Crippen LogP contribution in [0.15, 0.2) is 56.6 Å². The summed E-state index contributed by atoms with van der Waals surface area (Å²) in [6.07, 6.45) is 3.08. The summed E-state index contributed by atoms with van der Waals surface area (Å²) in [5.74, 6) is -0.412. The Morgan fingerprint density at radius 1 is 1.40 bits per heavy atom. The highest BCUT2D eigenvalue weighted by Crippen LogP contribution is 2.44. The molecule has 128 valence electrons. The molecule has 2 atom stereocenters. The molecule has 2 aliphatic rings. The van der Waals surface area contributed by atoms with Crippen molar-refractivity contribution in [3.05, 3.63) is 47.3 Å². The predicted octanol–water partition coefficient (Wildman–Crippen LogP) is 1.97. The molecule has 1 aromatic carbocycles. The molecule has 1 amide bonds. The molecule has 0 radical (unpaired) electrons. The fourth-order valence-electron chi connectivity index (χ4n) is 2.74. The number of carboxylic acid groups (broad SMARTS) is 1. The average Bonchev–Trinajstić information content (AvgIpc) is 3.15. The number of fused-ring (bicyclic) bond motifs is 1. The SMILES string of the molecule is N[C@@H]1C(=O)N2C(C(=O)O)=C(Sc3ccc(-c4ncco4)cc3)CS[C@@H]12. The maximum absolute atomic E-state index is 11.9. The van der Waals surface area contributed by atoms with Crippen molar-refractivity contribution >= 4 is 35.4 Å². The van der Waals surface area contributed by atoms with Crippen molar-refractivity contribution in [1.82, 2.24) is 9.88 Å². The summed E-state index contributed by atoms with van der Waals surface area (Å²) >= 11 is 2.83. The minimum absolute atomic E-state index is 0.0391. The first-order valence-corrected chi connectivity index (χ1v) is 9.27. The van der Waals surface area contributed by atoms with Gasteiger partial charge in [-0.3, -0.25) is 9.69 Å². The lowest BCUT2D eigenvalue weighted by Gasteiger charge is -2.47. The average molecular weight is 375 g/mol. The lowest BCUT2D eigenvalue weighted by atomic mass is 10.1. The first-order valence-electron chi connectivity index (χ1n) is 7.41. The van der Waals surface area contributed by atoms with E-state index in [0.29, 0.717) is 16.5 Å². The van der Waals surface area contributed by atoms with Gasteiger partial charge in [0.1, 0.15) is 23.4 Å². The normalized spacial score (nSPS) is 22.6. The van der Waals surface area contributed by atoms with Gasteiger partial charge in [0, 0.05) is 21.1 Å². The van der Waals surface area contributed by atoms with Crippen molar-refractivity contribution in [2.45, 2.75) is 16.3 Å². The van der Waals surface area contributed by atoms with Crippen LogP contribution in [0.25, 0.3) is 11.5 Å². The van der Waals surface area contributed by atoms with Gasteiger partial charge in [-0.2, -0.15) is 0 Å². The quantitative estimate of drug-likeness (QED) is 0.781. The molecule has 3 heterocycles. The summed E-state index contributed by atoms with van der Waals surface area (Å²) in [6.45, 7) is 0. The molecule has 0 unspecified atom stereocenters. The van der Waals surface area contributed by atoms with E-state index < -0.39 is 12.0 Å². The van der Waals surface area contributed by atoms with Crippen LogP contribution in [0, 0.1) is 0 Å². The van der Waals surface area contributed by atoms with E-state index in [1.807, 2.05) is 24.3 Å². The van der Waals surface area contributed by atoms with E-state index in [-0.39, 0.29) is 17.0 Å². The molecular formula is C16H13N3O4S2. The second kappa shape index (κ2) is 6.25. The van der Waals surface area contributed by atoms with Crippen molar-refractivity contribution < 1.29 is 19.1 Å². The number of aromatic nitrogens is 1. The first kappa shape index (κ1) is 16.2. The summed E-state index contributed by atoms with van der Waals surface area (Å²) in [5, 5.41) is 9.26. The van der Waals surface area contributed by atoms with Crippen LogP contribution in [0.2, 0.25) is 0 Å². The lowest BCUT2D eigenvalue weighted by molar-refractivity contribution is -0.147. The molecule has 0 saturated carbocycles. The highest BCUT2D eigenvalue weighted by molar-refractivity contribution is 8.06. The number of hydrogen-bond acceptors (Lipinski definition) is 7. The van der Waals surface area contributed by atoms with Crippen LogP contribution in [0.4, 0.5) is 0 Å². The third kappa shape index (κ3) is 2.74. The fraction of sp³-hybridized carbons (Fsp3) is 0.188. The number of amides is 1. The van der Waals surface area contributed by atoms with Crippen molar-refractivity contribution in [2.24, 2.45) is 5.73 Å². The van der Waals surface area contributed by atoms with Crippen LogP contribution in [-0.4, -0.2) is 44.0 Å². The largest absolute Gasteiger partial charge is 0.477 e. The van der Waals surface area contributed by atoms with E-state index in [2.05, 4.69) is 4.98 Å². The van der Waals surface area contributed by atoms with Gasteiger partial charge >= 0.3 is 5.97 Å². The predicted molar refractivity (Wildman–Crippen MR) is 93.5 cm³/mol. The molecule has 2 aliphatic heterocycles. The molecule has 0 bridgehead atoms. The molecule has 2 aromatic rings. The maximum atomic E-state index is 11.9. The first-order chi connectivity index (χ1) is 12.1. The second-order valence-electron chi connectivity index (χ2n) is 5.48. The summed E-state index contributed by atoms with van der Waals surface area (Å²) in [6, 6.07) is 6.84. The molecule has 1 fully saturated rings. The maximum Gasteiger partial charge on any atom is 0.353 e. The van der Waals surface area contributed by atoms with E-state index in [4.69, 9.17) is 10.2 Å². The molecule has 3 N–H and O–H groups in total. The third-order valence-corrected chi connectivity index (χ3v) is 6.53. The smallest absolute Gasteiger partial charge is 0.353 e. The molecule has 0 spiro atoms. The number of oxazole rings is 1. The molecule has 1 aromatic heterocycles. The third-order valence-electron chi connectivity index (χ3n) is 3.95. The Bertz CT molecular complexity index is 864. The minimum Gasteiger partial charge on any atom is -0.477 e. The molecule has 25 heavy (non-hydrogen) atoms. The standard InChI is InChI=1S/C16H13N3O4S2/c17-11-14(20)19-12(16(21)22)10(7-24-15(11)19)25-9-3-1-8(2-4-9)13-18-5-6-23-13/h1-6,11,15H,7,17H2,(H,21,22)/t11-,15+/m1/s1. The van der Waals surface area contributed by atoms with E-state index >= 15 is 0 Å². The number of thioether (sulfide) groups is 2. The van der Waals surface area contributed by atoms with Crippen LogP contribution in [0.5, 0.6) is 0 Å². The van der Waals surface area contributed by atoms with Crippen LogP contribution < -0.4 is 5.73 Å². The number of benzene rings is 1. The van der Waals surface area contributed by atoms with Crippen LogP contribution in [0.1, 0.15) is 0 Å². The van der Waals surface area contributed by atoms with Gasteiger partial charge in [-0.15, -0.1) is 11.8 Å². The van der Waals surface area contributed by atoms with E-state index in [1.165, 1.54) is 34.7 Å². The Balaban J connectivity index is 1.60. The summed E-state index contributed by atoms with van der Waals surface area (Å²) in [4.78, 5) is 30.5. The van der Waals surface area contributed by atoms with Crippen LogP contribution >= 0.6 is 23.5 Å². The van der Waals surface area contributed by atoms with Gasteiger partial charge in [-0.25, -0.2) is 9.78 Å². The number of carboxylic acids is 1. The number of carbonyl (C=O) groups is 2. The summed E-state index contributed by atoms with van der Waals surface area (Å²) in [5.41, 5.74) is 6.63. The number of rotatable bonds is 4. The van der Waals surface area contributed by atoms with E-state index in [0.717, 1.165) is 10.5 Å². The molecule has 7 nitrogen and oxygen atoms in total. The van der Waals surface area contributed by atoms with Crippen LogP contribution in [-0.2, 0) is 9.59 Å². The Labute approximate surface area is 151 Å². The van der Waals surface area contributed by atoms with Gasteiger partial charge < -0.3 is 15.3 Å². The van der Waals surface area contributed by atoms with Crippen molar-refractivity contribution in [1.29, 1.82) is 0 Å². The lowest BCUT2D eigenvalue weighted by Crippen LogP contribution is -2.68. The Morgan fingerprint density at radius 2 is 2.16 bits per heavy atom. The molecule has 0 aliphatic carbocycles. The Hall–Kier alpha value is -2.23. The number of nitrogens with two attached hydrogens (primary N) is 1. The number of aliphatic carboxylic acids is 1. The zero-order valence-corrected chi connectivity index (χ0v) is 14.4. The van der Waals surface area contributed by atoms with Gasteiger partial charge in [0.05, 0.1) is 6.20 Å². The number of nitrogens with zero attached hydrogens (tertiary/aromatic N) is 2. The number of carbonyl (C=O) groups excluding carboxylic acids is 1. The minimum atomic E-state index is -1.11. The van der Waals surface area contributed by atoms with Crippen molar-refractivity contribution in [3.63, 3.8) is 0 Å². The van der Waals surface area contributed by atoms with Gasteiger partial charge in [-0.05, 0) is 24.3 Å². The zero-order valence-electron chi connectivity index (χ0n) is 12.8. The monoisotopic (exact) mass is 375 g/mol. The second-order valence-corrected chi connectivity index (χ2v) is 7.75. The summed E-state index contributed by atoms with van der Waals surface area (Å²) < 4.78 is 5.25. The topological polar surface area (TPSA) is 110 Å². The van der Waals surface area contributed by atoms with E-state index in [1.54, 1.807) is 6.20 Å². The van der Waals surface area contributed by atoms with Gasteiger partial charge in [0.25, 0.3) is 0 Å². The molecular weight excluding hydrogens is 362 g/mol. The van der Waals surface area contributed by atoms with Crippen LogP contribution in [0.3, 0.4) is 0 Å². The summed E-state index contributed by atoms with van der Waals surface area (Å²) in [7, 11) is 0. The number of hydrogen-bond donors (Lipinski definition) is 2. The highest BCUT2D eigenvalue weighted by atomic mass is 32.2. The number of β-lactam (4-membered cyclic amide) rings is 1. The highest BCUT2D eigenvalue weighted by Gasteiger charge is 2.51. The van der Waals surface area contributed by atoms with Gasteiger partial charge in [-0.1, -0.05) is 11.8 Å². The zero-order chi connectivity index (χ0) is 17.6. The van der Waals surface area contributed by atoms with Gasteiger partial charge in [0.15, 0.2) is 0 Å².